The number of ether oxygens (including phenoxy) is 7. The Kier molecular flexibility index (Phi) is 30.7. The number of cyclic esters (lactones) is 1. The summed E-state index contributed by atoms with van der Waals surface area (Å²) in [5.74, 6) is -8.43. The number of Topliss-reactive ketones (excluding diaryl/α,β-unsaturated/α-hetero) is 1. The molecule has 0 amide bonds. The van der Waals surface area contributed by atoms with Gasteiger partial charge >= 0.3 is 11.9 Å². The first-order valence-corrected chi connectivity index (χ1v) is 33.7. The lowest BCUT2D eigenvalue weighted by Crippen LogP contribution is -2.61. The van der Waals surface area contributed by atoms with Crippen molar-refractivity contribution in [3.8, 4) is 5.69 Å². The summed E-state index contributed by atoms with van der Waals surface area (Å²) in [7, 11) is 6.77. The van der Waals surface area contributed by atoms with Gasteiger partial charge in [-0.2, -0.15) is 0 Å². The van der Waals surface area contributed by atoms with E-state index in [4.69, 9.17) is 43.4 Å². The Hall–Kier alpha value is -4.79. The van der Waals surface area contributed by atoms with Gasteiger partial charge in [-0.25, -0.2) is 18.0 Å². The highest BCUT2D eigenvalue weighted by atomic mass is 19.1. The number of aliphatic hydroxyl groups is 6. The molecule has 24 nitrogen and oxygen atoms in total. The lowest BCUT2D eigenvalue weighted by Gasteiger charge is -2.50. The number of esters is 1. The molecule has 10 N–H and O–H groups in total. The fraction of sp³-hybridized carbons (Fsp3) is 0.739. The highest BCUT2D eigenvalue weighted by molar-refractivity contribution is 5.94. The second-order valence-corrected chi connectivity index (χ2v) is 27.4. The highest BCUT2D eigenvalue weighted by Crippen LogP contribution is 2.42. The number of methoxy groups -OCH3 is 2. The van der Waals surface area contributed by atoms with E-state index in [1.165, 1.54) is 27.2 Å². The number of rotatable bonds is 20. The number of aromatic carboxylic acids is 1. The Morgan fingerprint density at radius 1 is 0.812 bits per heavy atom. The van der Waals surface area contributed by atoms with Crippen LogP contribution in [0.2, 0.25) is 0 Å². The Morgan fingerprint density at radius 3 is 1.95 bits per heavy atom. The molecule has 546 valence electrons. The van der Waals surface area contributed by atoms with Crippen molar-refractivity contribution in [3.05, 3.63) is 69.8 Å². The van der Waals surface area contributed by atoms with Crippen molar-refractivity contribution < 1.29 is 96.5 Å². The zero-order chi connectivity index (χ0) is 72.1. The Bertz CT molecular complexity index is 3040. The number of carboxylic acid groups (broad SMARTS) is 1. The molecule has 0 aliphatic carbocycles. The Balaban J connectivity index is 0.000000314. The number of nitrogens with one attached hydrogen (secondary N) is 3. The van der Waals surface area contributed by atoms with Crippen LogP contribution in [0.4, 0.5) is 18.9 Å². The maximum Gasteiger partial charge on any atom is 0.341 e. The van der Waals surface area contributed by atoms with Crippen molar-refractivity contribution in [2.24, 2.45) is 23.7 Å². The summed E-state index contributed by atoms with van der Waals surface area (Å²) in [6, 6.07) is 5.41. The van der Waals surface area contributed by atoms with Gasteiger partial charge in [0.05, 0.1) is 77.7 Å². The summed E-state index contributed by atoms with van der Waals surface area (Å²) >= 11 is 0. The minimum atomic E-state index is -1.96. The van der Waals surface area contributed by atoms with E-state index in [0.29, 0.717) is 32.1 Å². The van der Waals surface area contributed by atoms with Crippen molar-refractivity contribution in [1.82, 2.24) is 25.4 Å². The molecule has 1 aromatic heterocycles. The average molecular weight is 1370 g/mol. The number of pyridine rings is 1. The number of carboxylic acids is 1. The van der Waals surface area contributed by atoms with E-state index in [2.05, 4.69) is 16.0 Å². The summed E-state index contributed by atoms with van der Waals surface area (Å²) < 4.78 is 87.8. The first kappa shape index (κ1) is 81.9. The van der Waals surface area contributed by atoms with Gasteiger partial charge in [0, 0.05) is 113 Å². The molecule has 0 spiro atoms. The van der Waals surface area contributed by atoms with Gasteiger partial charge in [0.15, 0.2) is 12.6 Å². The number of halogens is 3. The van der Waals surface area contributed by atoms with E-state index in [-0.39, 0.29) is 90.8 Å². The molecule has 21 atom stereocenters. The van der Waals surface area contributed by atoms with Crippen molar-refractivity contribution in [3.63, 3.8) is 0 Å². The van der Waals surface area contributed by atoms with Crippen LogP contribution in [0.15, 0.2) is 41.3 Å². The molecule has 27 heteroatoms. The van der Waals surface area contributed by atoms with Crippen molar-refractivity contribution in [1.29, 1.82) is 0 Å². The molecular formula is C69H111F3N6O18. The molecule has 4 aliphatic heterocycles. The quantitative estimate of drug-likeness (QED) is 0.0523. The summed E-state index contributed by atoms with van der Waals surface area (Å²) in [5.41, 5.74) is -5.58. The predicted molar refractivity (Wildman–Crippen MR) is 355 cm³/mol. The monoisotopic (exact) mass is 1370 g/mol. The normalized spacial score (nSPS) is 34.1. The predicted octanol–water partition coefficient (Wildman–Crippen LogP) is 5.05. The summed E-state index contributed by atoms with van der Waals surface area (Å²) in [4.78, 5) is 56.1. The number of nitrogens with zero attached hydrogens (tertiary/aromatic N) is 3. The van der Waals surface area contributed by atoms with E-state index in [9.17, 15) is 57.9 Å². The van der Waals surface area contributed by atoms with Gasteiger partial charge in [-0.3, -0.25) is 14.4 Å². The van der Waals surface area contributed by atoms with Crippen molar-refractivity contribution >= 4 is 34.3 Å². The minimum Gasteiger partial charge on any atom is -0.477 e. The third kappa shape index (κ3) is 19.8. The largest absolute Gasteiger partial charge is 0.477 e. The third-order valence-corrected chi connectivity index (χ3v) is 19.9. The number of piperazine rings is 1. The molecule has 3 aromatic rings. The maximum atomic E-state index is 14.9. The molecule has 2 aromatic carbocycles. The zero-order valence-corrected chi connectivity index (χ0v) is 59.1. The van der Waals surface area contributed by atoms with Crippen LogP contribution in [-0.4, -0.2) is 240 Å². The number of carbonyl (C=O) groups is 3. The van der Waals surface area contributed by atoms with Crippen LogP contribution in [0.3, 0.4) is 0 Å². The van der Waals surface area contributed by atoms with Crippen LogP contribution in [0, 0.1) is 41.1 Å². The standard InChI is InChI=1S/C38H69NO13.C21H18F3N3O3.C10H24N2O2/c1-15-26-38(10,45)31(42)21(4)28(40)19(2)17-37(9,47-14)33(52-35-29(41)25(39(11)12)16-20(3)48-35)22(5)30(23(6)34(44)50-26)51-27-18-36(8,46-13)32(43)24(7)49-27;1-11-9-26(5-4-25-11)19-8-18-13(7-16(19)24)20(28)14(21(29)30)10-27(18)17-3-2-12(22)6-15(17)23;1-3-9(7-13)11-5-6-12-10(4-2)8-14/h19-27,29-33,35,41-43,45H,15-18H2,1-14H3;2-3,6-8,10-11,25H,4-5,9H2,1H3,(H,29,30);9-14H,3-8H2,1-2H3/t19-,20-,21+,22+,23-,24+,25+,26-,27+,29-,30+,31-,32+,33-,35+,36-,37-,38-;;9-,10-/m1.0/s1. The van der Waals surface area contributed by atoms with Crippen LogP contribution >= 0.6 is 0 Å². The number of benzene rings is 2. The number of ketones is 1. The van der Waals surface area contributed by atoms with Gasteiger partial charge in [-0.15, -0.1) is 0 Å². The molecule has 96 heavy (non-hydrogen) atoms. The molecule has 0 saturated carbocycles. The first-order chi connectivity index (χ1) is 45.0. The third-order valence-electron chi connectivity index (χ3n) is 19.9. The minimum absolute atomic E-state index is 0.111. The highest BCUT2D eigenvalue weighted by Gasteiger charge is 2.54. The average Bonchev–Trinajstić information content (AvgIpc) is 0.761. The van der Waals surface area contributed by atoms with E-state index in [0.717, 1.165) is 54.9 Å². The number of aliphatic hydroxyl groups excluding tert-OH is 5. The number of hydrogen-bond donors (Lipinski definition) is 10. The molecule has 4 fully saturated rings. The van der Waals surface area contributed by atoms with Crippen LogP contribution in [0.25, 0.3) is 16.6 Å². The Morgan fingerprint density at radius 2 is 1.42 bits per heavy atom. The fourth-order valence-electron chi connectivity index (χ4n) is 13.6. The number of anilines is 1. The smallest absolute Gasteiger partial charge is 0.341 e. The number of hydrogen-bond acceptors (Lipinski definition) is 22. The lowest BCUT2D eigenvalue weighted by atomic mass is 9.74. The SMILES string of the molecule is CC1CN(c2cc3c(cc2F)c(=O)c(C(=O)O)cn3-c2ccc(F)cc2F)CCN1.CC[C@@H](CO)NCCN[C@@H](CC)CO.CC[C@H]1OC(=O)[C@H](C)[C@@H](O[C@H]2C[C@@](C)(OC)[C@@H](O)[C@H](C)O2)[C@H](C)[C@@H](O[C@@H]2O[C@H](C)C[C@H](N(C)C)[C@H]2O)[C@](C)(OC)C[C@@H](C)C(=O)[C@H](C)[C@@H](O)[C@]1(C)O. The maximum absolute atomic E-state index is 14.9. The second kappa shape index (κ2) is 36.0. The van der Waals surface area contributed by atoms with Gasteiger partial charge in [0.2, 0.25) is 5.43 Å². The van der Waals surface area contributed by atoms with Gasteiger partial charge in [0.1, 0.15) is 52.7 Å². The van der Waals surface area contributed by atoms with Gasteiger partial charge in [0.25, 0.3) is 0 Å². The van der Waals surface area contributed by atoms with Crippen molar-refractivity contribution in [2.45, 2.75) is 231 Å². The summed E-state index contributed by atoms with van der Waals surface area (Å²) in [5, 5.41) is 82.3. The molecule has 4 saturated heterocycles. The van der Waals surface area contributed by atoms with E-state index in [1.54, 1.807) is 53.4 Å². The molecule has 7 rings (SSSR count). The Labute approximate surface area is 563 Å². The molecule has 0 bridgehead atoms. The summed E-state index contributed by atoms with van der Waals surface area (Å²) in [6.45, 7) is 26.8. The second-order valence-electron chi connectivity index (χ2n) is 27.4. The van der Waals surface area contributed by atoms with Crippen LogP contribution in [0.5, 0.6) is 0 Å². The van der Waals surface area contributed by atoms with E-state index >= 15 is 0 Å². The first-order valence-electron chi connectivity index (χ1n) is 33.7. The van der Waals surface area contributed by atoms with Gasteiger partial charge in [-0.05, 0) is 119 Å². The number of fused-ring (bicyclic) bond motifs is 1. The summed E-state index contributed by atoms with van der Waals surface area (Å²) in [6.07, 6.45) is -5.88. The van der Waals surface area contributed by atoms with Gasteiger partial charge in [-0.1, -0.05) is 41.5 Å². The zero-order valence-electron chi connectivity index (χ0n) is 59.1. The molecular weight excluding hydrogens is 1260 g/mol. The van der Waals surface area contributed by atoms with Crippen LogP contribution in [0.1, 0.15) is 139 Å². The molecule has 5 heterocycles. The van der Waals surface area contributed by atoms with Gasteiger partial charge < -0.3 is 99.2 Å². The van der Waals surface area contributed by atoms with E-state index in [1.807, 2.05) is 53.6 Å². The molecule has 0 radical (unpaired) electrons. The van der Waals surface area contributed by atoms with E-state index < -0.39 is 136 Å². The fourth-order valence-corrected chi connectivity index (χ4v) is 13.6. The topological polar surface area (TPSA) is 322 Å². The van der Waals surface area contributed by atoms with Crippen molar-refractivity contribution in [2.75, 3.05) is 79.2 Å². The van der Waals surface area contributed by atoms with Crippen LogP contribution in [-0.2, 0) is 42.7 Å². The molecule has 4 aliphatic rings. The van der Waals surface area contributed by atoms with Crippen LogP contribution < -0.4 is 26.3 Å². The lowest BCUT2D eigenvalue weighted by molar-refractivity contribution is -0.319. The number of aromatic nitrogens is 1. The number of likely N-dealkylation sites (N-methyl/N-ethyl adjacent to an activating group) is 1. The molecule has 1 unspecified atom stereocenters. The number of carbonyl (C=O) groups excluding carboxylic acids is 2.